The molecule has 3 heterocycles. The maximum absolute atomic E-state index is 13.8. The lowest BCUT2D eigenvalue weighted by molar-refractivity contribution is -0.402. The molecule has 2 aromatic carbocycles. The molecule has 208 valence electrons. The van der Waals surface area contributed by atoms with Crippen molar-refractivity contribution in [3.63, 3.8) is 0 Å². The standard InChI is InChI=1S/C26H24FN5O6S2/c1-2-19-5-3-4-14-30(19)40(36,37)21-10-6-17(7-11-21)25(33)31(28-16-20-9-13-24(38-20)32(34)35)26-29-22-12-8-18(27)15-23(22)39-26/h6-13,15-16,19H,2-5,14H2,1H3/b28-16+. The third kappa shape index (κ3) is 5.50. The van der Waals surface area contributed by atoms with Crippen molar-refractivity contribution in [3.05, 3.63) is 81.9 Å². The molecule has 2 aromatic heterocycles. The molecule has 40 heavy (non-hydrogen) atoms. The maximum atomic E-state index is 13.8. The number of halogens is 1. The number of thiazole rings is 1. The number of nitro groups is 1. The summed E-state index contributed by atoms with van der Waals surface area (Å²) in [6.45, 7) is 2.42. The maximum Gasteiger partial charge on any atom is 0.433 e. The van der Waals surface area contributed by atoms with E-state index in [1.54, 1.807) is 0 Å². The summed E-state index contributed by atoms with van der Waals surface area (Å²) in [4.78, 5) is 28.3. The fourth-order valence-corrected chi connectivity index (χ4v) is 7.23. The summed E-state index contributed by atoms with van der Waals surface area (Å²) in [6.07, 6.45) is 4.43. The van der Waals surface area contributed by atoms with Crippen LogP contribution in [0.2, 0.25) is 0 Å². The SMILES string of the molecule is CCC1CCCCN1S(=O)(=O)c1ccc(C(=O)N(/N=C/c2ccc([N+](=O)[O-])o2)c2nc3ccc(F)cc3s2)cc1. The molecule has 1 atom stereocenters. The highest BCUT2D eigenvalue weighted by Gasteiger charge is 2.32. The molecule has 5 rings (SSSR count). The molecular formula is C26H24FN5O6S2. The zero-order chi connectivity index (χ0) is 28.4. The van der Waals surface area contributed by atoms with Gasteiger partial charge in [-0.1, -0.05) is 24.7 Å². The van der Waals surface area contributed by atoms with E-state index in [4.69, 9.17) is 4.42 Å². The van der Waals surface area contributed by atoms with Gasteiger partial charge < -0.3 is 4.42 Å². The second-order valence-electron chi connectivity index (χ2n) is 9.10. The minimum absolute atomic E-state index is 0.0186. The molecule has 1 amide bonds. The first-order valence-electron chi connectivity index (χ1n) is 12.5. The molecule has 1 saturated heterocycles. The third-order valence-corrected chi connectivity index (χ3v) is 9.52. The lowest BCUT2D eigenvalue weighted by Gasteiger charge is -2.34. The number of sulfonamides is 1. The van der Waals surface area contributed by atoms with Crippen LogP contribution in [0.15, 0.2) is 69.0 Å². The number of anilines is 1. The van der Waals surface area contributed by atoms with Crippen molar-refractivity contribution in [1.29, 1.82) is 0 Å². The first-order valence-corrected chi connectivity index (χ1v) is 14.7. The van der Waals surface area contributed by atoms with Crippen LogP contribution in [0.25, 0.3) is 10.2 Å². The molecule has 1 aliphatic heterocycles. The molecule has 1 fully saturated rings. The molecule has 1 unspecified atom stereocenters. The van der Waals surface area contributed by atoms with Crippen molar-refractivity contribution < 1.29 is 26.9 Å². The number of aromatic nitrogens is 1. The van der Waals surface area contributed by atoms with Crippen LogP contribution in [0, 0.1) is 15.9 Å². The van der Waals surface area contributed by atoms with E-state index in [2.05, 4.69) is 10.1 Å². The lowest BCUT2D eigenvalue weighted by Crippen LogP contribution is -2.43. The third-order valence-electron chi connectivity index (χ3n) is 6.56. The Balaban J connectivity index is 1.47. The van der Waals surface area contributed by atoms with Gasteiger partial charge in [0.2, 0.25) is 15.2 Å². The Kier molecular flexibility index (Phi) is 7.74. The predicted octanol–water partition coefficient (Wildman–Crippen LogP) is 5.57. The number of benzene rings is 2. The quantitative estimate of drug-likeness (QED) is 0.150. The van der Waals surface area contributed by atoms with Gasteiger partial charge in [0.05, 0.1) is 27.4 Å². The average Bonchev–Trinajstić information content (AvgIpc) is 3.60. The van der Waals surface area contributed by atoms with Crippen LogP contribution in [0.5, 0.6) is 0 Å². The molecule has 4 aromatic rings. The molecule has 0 spiro atoms. The zero-order valence-electron chi connectivity index (χ0n) is 21.3. The Labute approximate surface area is 232 Å². The van der Waals surface area contributed by atoms with Crippen LogP contribution >= 0.6 is 11.3 Å². The predicted molar refractivity (Wildman–Crippen MR) is 148 cm³/mol. The number of furan rings is 1. The molecule has 0 saturated carbocycles. The monoisotopic (exact) mass is 585 g/mol. The van der Waals surface area contributed by atoms with Gasteiger partial charge in [0.15, 0.2) is 5.76 Å². The summed E-state index contributed by atoms with van der Waals surface area (Å²) in [5, 5.41) is 16.2. The Morgan fingerprint density at radius 3 is 2.73 bits per heavy atom. The van der Waals surface area contributed by atoms with Gasteiger partial charge in [-0.2, -0.15) is 14.4 Å². The van der Waals surface area contributed by atoms with Crippen molar-refractivity contribution in [2.24, 2.45) is 5.10 Å². The Morgan fingerprint density at radius 2 is 2.02 bits per heavy atom. The molecule has 11 nitrogen and oxygen atoms in total. The van der Waals surface area contributed by atoms with E-state index in [1.807, 2.05) is 6.92 Å². The van der Waals surface area contributed by atoms with E-state index in [0.29, 0.717) is 23.2 Å². The van der Waals surface area contributed by atoms with Crippen LogP contribution in [0.4, 0.5) is 15.4 Å². The zero-order valence-corrected chi connectivity index (χ0v) is 22.9. The van der Waals surface area contributed by atoms with E-state index in [9.17, 15) is 27.7 Å². The molecule has 14 heteroatoms. The van der Waals surface area contributed by atoms with Crippen LogP contribution < -0.4 is 5.01 Å². The number of amides is 1. The normalized spacial score (nSPS) is 16.5. The van der Waals surface area contributed by atoms with Gasteiger partial charge >= 0.3 is 5.88 Å². The summed E-state index contributed by atoms with van der Waals surface area (Å²) in [6, 6.07) is 12.0. The molecule has 0 N–H and O–H groups in total. The molecular weight excluding hydrogens is 561 g/mol. The highest BCUT2D eigenvalue weighted by molar-refractivity contribution is 7.89. The number of carbonyl (C=O) groups excluding carboxylic acids is 1. The first-order chi connectivity index (χ1) is 19.2. The summed E-state index contributed by atoms with van der Waals surface area (Å²) in [5.74, 6) is -1.59. The Bertz CT molecular complexity index is 1700. The van der Waals surface area contributed by atoms with Crippen molar-refractivity contribution in [3.8, 4) is 0 Å². The average molecular weight is 586 g/mol. The lowest BCUT2D eigenvalue weighted by atomic mass is 10.0. The van der Waals surface area contributed by atoms with Crippen LogP contribution in [-0.2, 0) is 10.0 Å². The second-order valence-corrected chi connectivity index (χ2v) is 12.0. The van der Waals surface area contributed by atoms with Gasteiger partial charge in [0.1, 0.15) is 10.7 Å². The van der Waals surface area contributed by atoms with Crippen LogP contribution in [0.1, 0.15) is 48.7 Å². The van der Waals surface area contributed by atoms with E-state index in [1.165, 1.54) is 52.8 Å². The number of hydrogen-bond donors (Lipinski definition) is 0. The van der Waals surface area contributed by atoms with Crippen LogP contribution in [-0.4, -0.2) is 47.3 Å². The molecule has 1 aliphatic rings. The largest absolute Gasteiger partial charge is 0.433 e. The van der Waals surface area contributed by atoms with Crippen molar-refractivity contribution >= 4 is 54.7 Å². The highest BCUT2D eigenvalue weighted by Crippen LogP contribution is 2.31. The smallest absolute Gasteiger partial charge is 0.400 e. The summed E-state index contributed by atoms with van der Waals surface area (Å²) in [5.41, 5.74) is 0.564. The van der Waals surface area contributed by atoms with Crippen LogP contribution in [0.3, 0.4) is 0 Å². The number of hydrazone groups is 1. The second kappa shape index (κ2) is 11.2. The number of carbonyl (C=O) groups is 1. The van der Waals surface area contributed by atoms with Crippen molar-refractivity contribution in [2.75, 3.05) is 11.6 Å². The number of rotatable bonds is 8. The van der Waals surface area contributed by atoms with E-state index in [0.717, 1.165) is 47.9 Å². The topological polar surface area (TPSA) is 139 Å². The molecule has 0 radical (unpaired) electrons. The van der Waals surface area contributed by atoms with Gasteiger partial charge in [0, 0.05) is 18.2 Å². The van der Waals surface area contributed by atoms with E-state index in [-0.39, 0.29) is 27.4 Å². The Hall–Kier alpha value is -4.01. The minimum atomic E-state index is -3.74. The first kappa shape index (κ1) is 27.6. The summed E-state index contributed by atoms with van der Waals surface area (Å²) in [7, 11) is -3.74. The van der Waals surface area contributed by atoms with Crippen molar-refractivity contribution in [2.45, 2.75) is 43.5 Å². The fourth-order valence-electron chi connectivity index (χ4n) is 4.52. The Morgan fingerprint density at radius 1 is 1.25 bits per heavy atom. The van der Waals surface area contributed by atoms with Gasteiger partial charge in [-0.15, -0.1) is 0 Å². The minimum Gasteiger partial charge on any atom is -0.400 e. The van der Waals surface area contributed by atoms with Crippen molar-refractivity contribution in [1.82, 2.24) is 9.29 Å². The number of piperidine rings is 1. The number of hydrogen-bond acceptors (Lipinski definition) is 9. The summed E-state index contributed by atoms with van der Waals surface area (Å²) < 4.78 is 47.6. The molecule has 0 bridgehead atoms. The fraction of sp³-hybridized carbons (Fsp3) is 0.269. The number of nitrogens with zero attached hydrogens (tertiary/aromatic N) is 5. The van der Waals surface area contributed by atoms with E-state index >= 15 is 0 Å². The number of fused-ring (bicyclic) bond motifs is 1. The van der Waals surface area contributed by atoms with Gasteiger partial charge in [-0.3, -0.25) is 14.9 Å². The van der Waals surface area contributed by atoms with Gasteiger partial charge in [-0.25, -0.2) is 17.8 Å². The van der Waals surface area contributed by atoms with Gasteiger partial charge in [-0.05, 0) is 67.8 Å². The summed E-state index contributed by atoms with van der Waals surface area (Å²) >= 11 is 1.02. The molecule has 0 aliphatic carbocycles. The van der Waals surface area contributed by atoms with Gasteiger partial charge in [0.25, 0.3) is 5.91 Å². The van der Waals surface area contributed by atoms with E-state index < -0.39 is 32.6 Å². The highest BCUT2D eigenvalue weighted by atomic mass is 32.2.